The Morgan fingerprint density at radius 1 is 1.19 bits per heavy atom. The summed E-state index contributed by atoms with van der Waals surface area (Å²) >= 11 is 0. The molecule has 0 spiro atoms. The second-order valence-electron chi connectivity index (χ2n) is 5.89. The standard InChI is InChI=1S/C17H25FN2O/c1-19(13-14-20-11-2-3-12-20)10-4-5-17(21)15-6-8-16(18)9-7-15/h6-9H,2-5,10-14H2,1H3. The summed E-state index contributed by atoms with van der Waals surface area (Å²) in [4.78, 5) is 16.7. The van der Waals surface area contributed by atoms with E-state index in [1.165, 1.54) is 38.1 Å². The number of likely N-dealkylation sites (tertiary alicyclic amines) is 1. The Labute approximate surface area is 126 Å². The first-order valence-electron chi connectivity index (χ1n) is 7.85. The summed E-state index contributed by atoms with van der Waals surface area (Å²) < 4.78 is 12.8. The number of rotatable bonds is 8. The molecule has 1 saturated heterocycles. The predicted molar refractivity (Wildman–Crippen MR) is 83.1 cm³/mol. The van der Waals surface area contributed by atoms with Gasteiger partial charge in [-0.2, -0.15) is 0 Å². The monoisotopic (exact) mass is 292 g/mol. The molecule has 0 N–H and O–H groups in total. The van der Waals surface area contributed by atoms with Gasteiger partial charge in [-0.1, -0.05) is 0 Å². The molecule has 0 atom stereocenters. The third-order valence-corrected chi connectivity index (χ3v) is 4.11. The molecule has 116 valence electrons. The molecule has 0 radical (unpaired) electrons. The number of ketones is 1. The van der Waals surface area contributed by atoms with E-state index < -0.39 is 0 Å². The molecule has 1 aromatic carbocycles. The van der Waals surface area contributed by atoms with Gasteiger partial charge in [0.15, 0.2) is 5.78 Å². The maximum absolute atomic E-state index is 12.8. The van der Waals surface area contributed by atoms with Crippen molar-refractivity contribution in [1.82, 2.24) is 9.80 Å². The zero-order chi connectivity index (χ0) is 15.1. The smallest absolute Gasteiger partial charge is 0.162 e. The van der Waals surface area contributed by atoms with Gasteiger partial charge in [0.1, 0.15) is 5.82 Å². The first-order chi connectivity index (χ1) is 10.1. The lowest BCUT2D eigenvalue weighted by atomic mass is 10.1. The van der Waals surface area contributed by atoms with Gasteiger partial charge in [0.05, 0.1) is 0 Å². The number of benzene rings is 1. The molecular formula is C17H25FN2O. The largest absolute Gasteiger partial charge is 0.305 e. The van der Waals surface area contributed by atoms with Crippen LogP contribution in [-0.4, -0.2) is 55.4 Å². The zero-order valence-corrected chi connectivity index (χ0v) is 12.9. The topological polar surface area (TPSA) is 23.6 Å². The fourth-order valence-electron chi connectivity index (χ4n) is 2.72. The van der Waals surface area contributed by atoms with Crippen molar-refractivity contribution >= 4 is 5.78 Å². The van der Waals surface area contributed by atoms with E-state index in [0.717, 1.165) is 26.1 Å². The number of halogens is 1. The van der Waals surface area contributed by atoms with Crippen LogP contribution in [0.4, 0.5) is 4.39 Å². The molecule has 1 aromatic rings. The Kier molecular flexibility index (Phi) is 6.33. The highest BCUT2D eigenvalue weighted by Gasteiger charge is 2.12. The molecule has 2 rings (SSSR count). The van der Waals surface area contributed by atoms with Crippen LogP contribution in [0.5, 0.6) is 0 Å². The summed E-state index contributed by atoms with van der Waals surface area (Å²) in [6.07, 6.45) is 4.04. The normalized spacial score (nSPS) is 15.8. The molecule has 3 nitrogen and oxygen atoms in total. The van der Waals surface area contributed by atoms with Crippen molar-refractivity contribution in [2.45, 2.75) is 25.7 Å². The molecule has 0 aromatic heterocycles. The highest BCUT2D eigenvalue weighted by molar-refractivity contribution is 5.95. The fraction of sp³-hybridized carbons (Fsp3) is 0.588. The van der Waals surface area contributed by atoms with Crippen LogP contribution in [0.25, 0.3) is 0 Å². The van der Waals surface area contributed by atoms with E-state index in [9.17, 15) is 9.18 Å². The molecule has 1 aliphatic rings. The molecule has 0 unspecified atom stereocenters. The molecule has 4 heteroatoms. The summed E-state index contributed by atoms with van der Waals surface area (Å²) in [7, 11) is 2.11. The van der Waals surface area contributed by atoms with Crippen LogP contribution in [0.1, 0.15) is 36.0 Å². The van der Waals surface area contributed by atoms with Crippen LogP contribution >= 0.6 is 0 Å². The van der Waals surface area contributed by atoms with E-state index in [4.69, 9.17) is 0 Å². The number of hydrogen-bond donors (Lipinski definition) is 0. The lowest BCUT2D eigenvalue weighted by Crippen LogP contribution is -2.32. The van der Waals surface area contributed by atoms with Crippen LogP contribution < -0.4 is 0 Å². The fourth-order valence-corrected chi connectivity index (χ4v) is 2.72. The van der Waals surface area contributed by atoms with Gasteiger partial charge in [-0.15, -0.1) is 0 Å². The highest BCUT2D eigenvalue weighted by atomic mass is 19.1. The summed E-state index contributed by atoms with van der Waals surface area (Å²) in [6, 6.07) is 5.81. The maximum Gasteiger partial charge on any atom is 0.162 e. The lowest BCUT2D eigenvalue weighted by Gasteiger charge is -2.21. The van der Waals surface area contributed by atoms with Crippen LogP contribution in [0.3, 0.4) is 0 Å². The van der Waals surface area contributed by atoms with Crippen molar-refractivity contribution in [2.24, 2.45) is 0 Å². The van der Waals surface area contributed by atoms with E-state index in [2.05, 4.69) is 16.8 Å². The summed E-state index contributed by atoms with van der Waals surface area (Å²) in [5.41, 5.74) is 0.608. The molecule has 0 saturated carbocycles. The number of likely N-dealkylation sites (N-methyl/N-ethyl adjacent to an activating group) is 1. The Hall–Kier alpha value is -1.26. The molecular weight excluding hydrogens is 267 g/mol. The van der Waals surface area contributed by atoms with Crippen LogP contribution in [0.15, 0.2) is 24.3 Å². The molecule has 0 bridgehead atoms. The van der Waals surface area contributed by atoms with Crippen molar-refractivity contribution in [3.63, 3.8) is 0 Å². The van der Waals surface area contributed by atoms with Crippen LogP contribution in [-0.2, 0) is 0 Å². The number of Topliss-reactive ketones (excluding diaryl/α,β-unsaturated/α-hetero) is 1. The van der Waals surface area contributed by atoms with Crippen molar-refractivity contribution in [2.75, 3.05) is 39.8 Å². The predicted octanol–water partition coefficient (Wildman–Crippen LogP) is 2.82. The van der Waals surface area contributed by atoms with Gasteiger partial charge < -0.3 is 9.80 Å². The third kappa shape index (κ3) is 5.56. The number of nitrogens with zero attached hydrogens (tertiary/aromatic N) is 2. The van der Waals surface area contributed by atoms with Gasteiger partial charge in [-0.05, 0) is 70.2 Å². The lowest BCUT2D eigenvalue weighted by molar-refractivity contribution is 0.0975. The first-order valence-corrected chi connectivity index (χ1v) is 7.85. The Balaban J connectivity index is 1.61. The minimum atomic E-state index is -0.298. The van der Waals surface area contributed by atoms with Crippen LogP contribution in [0, 0.1) is 5.82 Å². The van der Waals surface area contributed by atoms with E-state index in [-0.39, 0.29) is 11.6 Å². The van der Waals surface area contributed by atoms with Gasteiger partial charge in [0.25, 0.3) is 0 Å². The maximum atomic E-state index is 12.8. The molecule has 0 aliphatic carbocycles. The highest BCUT2D eigenvalue weighted by Crippen LogP contribution is 2.09. The van der Waals surface area contributed by atoms with Gasteiger partial charge in [0.2, 0.25) is 0 Å². The Morgan fingerprint density at radius 2 is 1.86 bits per heavy atom. The quantitative estimate of drug-likeness (QED) is 0.688. The van der Waals surface area contributed by atoms with Crippen molar-refractivity contribution in [3.8, 4) is 0 Å². The van der Waals surface area contributed by atoms with E-state index in [1.807, 2.05) is 0 Å². The summed E-state index contributed by atoms with van der Waals surface area (Å²) in [6.45, 7) is 5.59. The summed E-state index contributed by atoms with van der Waals surface area (Å²) in [5, 5.41) is 0. The van der Waals surface area contributed by atoms with Gasteiger partial charge >= 0.3 is 0 Å². The Bertz CT molecular complexity index is 441. The SMILES string of the molecule is CN(CCCC(=O)c1ccc(F)cc1)CCN1CCCC1. The first kappa shape index (κ1) is 16.1. The number of carbonyl (C=O) groups excluding carboxylic acids is 1. The van der Waals surface area contributed by atoms with Gasteiger partial charge in [0, 0.05) is 25.1 Å². The van der Waals surface area contributed by atoms with Gasteiger partial charge in [-0.25, -0.2) is 4.39 Å². The van der Waals surface area contributed by atoms with Gasteiger partial charge in [-0.3, -0.25) is 4.79 Å². The zero-order valence-electron chi connectivity index (χ0n) is 12.9. The number of hydrogen-bond acceptors (Lipinski definition) is 3. The van der Waals surface area contributed by atoms with Crippen molar-refractivity contribution in [1.29, 1.82) is 0 Å². The molecule has 21 heavy (non-hydrogen) atoms. The molecule has 1 heterocycles. The Morgan fingerprint density at radius 3 is 2.52 bits per heavy atom. The van der Waals surface area contributed by atoms with E-state index in [0.29, 0.717) is 12.0 Å². The second kappa shape index (κ2) is 8.25. The van der Waals surface area contributed by atoms with E-state index >= 15 is 0 Å². The van der Waals surface area contributed by atoms with Crippen LogP contribution in [0.2, 0.25) is 0 Å². The molecule has 0 amide bonds. The minimum absolute atomic E-state index is 0.0999. The molecule has 1 fully saturated rings. The average molecular weight is 292 g/mol. The second-order valence-corrected chi connectivity index (χ2v) is 5.89. The third-order valence-electron chi connectivity index (χ3n) is 4.11. The molecule has 1 aliphatic heterocycles. The van der Waals surface area contributed by atoms with E-state index in [1.54, 1.807) is 12.1 Å². The average Bonchev–Trinajstić information content (AvgIpc) is 2.99. The van der Waals surface area contributed by atoms with Crippen molar-refractivity contribution in [3.05, 3.63) is 35.6 Å². The van der Waals surface area contributed by atoms with Crippen molar-refractivity contribution < 1.29 is 9.18 Å². The summed E-state index contributed by atoms with van der Waals surface area (Å²) in [5.74, 6) is -0.198. The minimum Gasteiger partial charge on any atom is -0.305 e. The number of carbonyl (C=O) groups is 1.